The van der Waals surface area contributed by atoms with Crippen LogP contribution >= 0.6 is 0 Å². The number of hydrogen-bond donors (Lipinski definition) is 3. The quantitative estimate of drug-likeness (QED) is 0.589. The number of nitrogens with two attached hydrogens (primary N) is 1. The van der Waals surface area contributed by atoms with Gasteiger partial charge in [-0.05, 0) is 43.5 Å². The van der Waals surface area contributed by atoms with Gasteiger partial charge in [0.05, 0.1) is 0 Å². The van der Waals surface area contributed by atoms with Crippen LogP contribution in [0, 0.1) is 6.92 Å². The zero-order valence-corrected chi connectivity index (χ0v) is 12.3. The van der Waals surface area contributed by atoms with E-state index in [1.54, 1.807) is 18.2 Å². The van der Waals surface area contributed by atoms with E-state index in [0.29, 0.717) is 24.1 Å². The Morgan fingerprint density at radius 2 is 1.81 bits per heavy atom. The van der Waals surface area contributed by atoms with Crippen LogP contribution in [0.3, 0.4) is 0 Å². The third kappa shape index (κ3) is 3.35. The van der Waals surface area contributed by atoms with E-state index in [-0.39, 0.29) is 5.91 Å². The summed E-state index contributed by atoms with van der Waals surface area (Å²) in [5.41, 5.74) is 6.49. The third-order valence-corrected chi connectivity index (χ3v) is 4.25. The van der Waals surface area contributed by atoms with Crippen LogP contribution in [0.5, 0.6) is 0 Å². The highest BCUT2D eigenvalue weighted by molar-refractivity contribution is 5.98. The molecule has 1 amide bonds. The molecular formula is C16H22N2O3. The van der Waals surface area contributed by atoms with Crippen LogP contribution in [0.1, 0.15) is 54.4 Å². The number of hydrogen-bond acceptors (Lipinski definition) is 3. The Kier molecular flexibility index (Phi) is 4.50. The second-order valence-corrected chi connectivity index (χ2v) is 5.83. The van der Waals surface area contributed by atoms with Gasteiger partial charge >= 0.3 is 5.97 Å². The number of aryl methyl sites for hydroxylation is 1. The number of nitrogen functional groups attached to an aromatic ring is 1. The Labute approximate surface area is 124 Å². The first kappa shape index (κ1) is 15.4. The van der Waals surface area contributed by atoms with Crippen molar-refractivity contribution in [3.8, 4) is 0 Å². The Morgan fingerprint density at radius 1 is 1.19 bits per heavy atom. The van der Waals surface area contributed by atoms with Gasteiger partial charge in [-0.1, -0.05) is 25.7 Å². The van der Waals surface area contributed by atoms with Gasteiger partial charge < -0.3 is 16.2 Å². The number of anilines is 1. The number of carboxylic acid groups (broad SMARTS) is 1. The predicted molar refractivity (Wildman–Crippen MR) is 81.1 cm³/mol. The van der Waals surface area contributed by atoms with Gasteiger partial charge in [0.15, 0.2) is 0 Å². The van der Waals surface area contributed by atoms with Crippen LogP contribution < -0.4 is 11.1 Å². The molecule has 21 heavy (non-hydrogen) atoms. The molecule has 1 aliphatic carbocycles. The number of aliphatic carboxylic acids is 1. The van der Waals surface area contributed by atoms with Crippen molar-refractivity contribution in [2.45, 2.75) is 51.0 Å². The first-order valence-corrected chi connectivity index (χ1v) is 7.37. The van der Waals surface area contributed by atoms with Crippen molar-refractivity contribution in [3.63, 3.8) is 0 Å². The predicted octanol–water partition coefficient (Wildman–Crippen LogP) is 2.48. The average molecular weight is 290 g/mol. The highest BCUT2D eigenvalue weighted by atomic mass is 16.4. The normalized spacial score (nSPS) is 17.8. The Hall–Kier alpha value is -2.04. The molecule has 0 heterocycles. The third-order valence-electron chi connectivity index (χ3n) is 4.25. The minimum atomic E-state index is -1.14. The van der Waals surface area contributed by atoms with Crippen molar-refractivity contribution >= 4 is 17.6 Å². The molecule has 114 valence electrons. The molecule has 1 saturated carbocycles. The molecule has 4 N–H and O–H groups in total. The highest BCUT2D eigenvalue weighted by Gasteiger charge is 2.40. The number of nitrogens with one attached hydrogen (secondary N) is 1. The molecule has 2 rings (SSSR count). The summed E-state index contributed by atoms with van der Waals surface area (Å²) < 4.78 is 0. The summed E-state index contributed by atoms with van der Waals surface area (Å²) >= 11 is 0. The summed E-state index contributed by atoms with van der Waals surface area (Å²) in [6.07, 6.45) is 4.67. The van der Waals surface area contributed by atoms with E-state index < -0.39 is 11.5 Å². The van der Waals surface area contributed by atoms with Crippen LogP contribution in [0.25, 0.3) is 0 Å². The number of carbonyl (C=O) groups excluding carboxylic acids is 1. The minimum Gasteiger partial charge on any atom is -0.480 e. The standard InChI is InChI=1S/C16H22N2O3/c1-11-10-12(6-7-13(11)17)14(19)18-16(15(20)21)8-4-2-3-5-9-16/h6-7,10H,2-5,8-9,17H2,1H3,(H,18,19)(H,20,21). The average Bonchev–Trinajstić information content (AvgIpc) is 2.68. The maximum atomic E-state index is 12.4. The monoisotopic (exact) mass is 290 g/mol. The molecule has 1 aliphatic rings. The number of rotatable bonds is 3. The second kappa shape index (κ2) is 6.16. The fourth-order valence-corrected chi connectivity index (χ4v) is 2.83. The van der Waals surface area contributed by atoms with Crippen molar-refractivity contribution in [1.82, 2.24) is 5.32 Å². The summed E-state index contributed by atoms with van der Waals surface area (Å²) in [6.45, 7) is 1.82. The Balaban J connectivity index is 2.21. The minimum absolute atomic E-state index is 0.345. The lowest BCUT2D eigenvalue weighted by Crippen LogP contribution is -2.54. The topological polar surface area (TPSA) is 92.4 Å². The fraction of sp³-hybridized carbons (Fsp3) is 0.500. The van der Waals surface area contributed by atoms with Crippen molar-refractivity contribution in [3.05, 3.63) is 29.3 Å². The van der Waals surface area contributed by atoms with Gasteiger partial charge in [0, 0.05) is 11.3 Å². The van der Waals surface area contributed by atoms with E-state index in [2.05, 4.69) is 5.32 Å². The molecule has 0 bridgehead atoms. The van der Waals surface area contributed by atoms with Gasteiger partial charge in [-0.25, -0.2) is 4.79 Å². The molecule has 0 saturated heterocycles. The largest absolute Gasteiger partial charge is 0.480 e. The van der Waals surface area contributed by atoms with Gasteiger partial charge in [-0.2, -0.15) is 0 Å². The molecule has 5 heteroatoms. The smallest absolute Gasteiger partial charge is 0.329 e. The Bertz CT molecular complexity index is 546. The van der Waals surface area contributed by atoms with E-state index in [1.165, 1.54) is 0 Å². The van der Waals surface area contributed by atoms with E-state index >= 15 is 0 Å². The first-order chi connectivity index (χ1) is 9.94. The lowest BCUT2D eigenvalue weighted by Gasteiger charge is -2.29. The number of carboxylic acids is 1. The van der Waals surface area contributed by atoms with Gasteiger partial charge in [0.2, 0.25) is 0 Å². The van der Waals surface area contributed by atoms with Crippen molar-refractivity contribution in [2.24, 2.45) is 0 Å². The molecule has 0 aromatic heterocycles. The fourth-order valence-electron chi connectivity index (χ4n) is 2.83. The van der Waals surface area contributed by atoms with Crippen molar-refractivity contribution in [2.75, 3.05) is 5.73 Å². The van der Waals surface area contributed by atoms with Gasteiger partial charge in [-0.3, -0.25) is 4.79 Å². The molecule has 0 aliphatic heterocycles. The maximum absolute atomic E-state index is 12.4. The van der Waals surface area contributed by atoms with E-state index in [0.717, 1.165) is 31.2 Å². The number of benzene rings is 1. The summed E-state index contributed by atoms with van der Waals surface area (Å²) in [6, 6.07) is 4.99. The van der Waals surface area contributed by atoms with Crippen LogP contribution in [0.2, 0.25) is 0 Å². The SMILES string of the molecule is Cc1cc(C(=O)NC2(C(=O)O)CCCCCC2)ccc1N. The zero-order chi connectivity index (χ0) is 15.5. The highest BCUT2D eigenvalue weighted by Crippen LogP contribution is 2.28. The Morgan fingerprint density at radius 3 is 2.33 bits per heavy atom. The van der Waals surface area contributed by atoms with E-state index in [4.69, 9.17) is 5.73 Å². The molecule has 1 aromatic carbocycles. The molecular weight excluding hydrogens is 268 g/mol. The first-order valence-electron chi connectivity index (χ1n) is 7.37. The van der Waals surface area contributed by atoms with Crippen molar-refractivity contribution < 1.29 is 14.7 Å². The van der Waals surface area contributed by atoms with Crippen LogP contribution in [0.4, 0.5) is 5.69 Å². The van der Waals surface area contributed by atoms with E-state index in [1.807, 2.05) is 6.92 Å². The molecule has 0 unspecified atom stereocenters. The van der Waals surface area contributed by atoms with Crippen LogP contribution in [-0.2, 0) is 4.79 Å². The molecule has 0 radical (unpaired) electrons. The zero-order valence-electron chi connectivity index (χ0n) is 12.3. The molecule has 1 aromatic rings. The van der Waals surface area contributed by atoms with Crippen LogP contribution in [-0.4, -0.2) is 22.5 Å². The van der Waals surface area contributed by atoms with Crippen LogP contribution in [0.15, 0.2) is 18.2 Å². The maximum Gasteiger partial charge on any atom is 0.329 e. The van der Waals surface area contributed by atoms with Gasteiger partial charge in [0.25, 0.3) is 5.91 Å². The molecule has 0 atom stereocenters. The van der Waals surface area contributed by atoms with Gasteiger partial charge in [-0.15, -0.1) is 0 Å². The summed E-state index contributed by atoms with van der Waals surface area (Å²) in [7, 11) is 0. The lowest BCUT2D eigenvalue weighted by atomic mass is 9.89. The van der Waals surface area contributed by atoms with E-state index in [9.17, 15) is 14.7 Å². The summed E-state index contributed by atoms with van der Waals surface area (Å²) in [4.78, 5) is 24.1. The number of carbonyl (C=O) groups is 2. The summed E-state index contributed by atoms with van der Waals surface area (Å²) in [5.74, 6) is -1.28. The summed E-state index contributed by atoms with van der Waals surface area (Å²) in [5, 5.41) is 12.3. The van der Waals surface area contributed by atoms with Gasteiger partial charge in [0.1, 0.15) is 5.54 Å². The molecule has 1 fully saturated rings. The number of amides is 1. The van der Waals surface area contributed by atoms with Crippen molar-refractivity contribution in [1.29, 1.82) is 0 Å². The molecule has 5 nitrogen and oxygen atoms in total. The second-order valence-electron chi connectivity index (χ2n) is 5.83. The molecule has 0 spiro atoms. The lowest BCUT2D eigenvalue weighted by molar-refractivity contribution is -0.145.